The zero-order valence-electron chi connectivity index (χ0n) is 16.6. The molecule has 0 aliphatic carbocycles. The van der Waals surface area contributed by atoms with Crippen molar-refractivity contribution < 1.29 is 32.5 Å². The number of benzene rings is 2. The molecule has 0 aliphatic heterocycles. The zero-order valence-corrected chi connectivity index (χ0v) is 17.4. The van der Waals surface area contributed by atoms with E-state index < -0.39 is 17.7 Å². The van der Waals surface area contributed by atoms with Crippen LogP contribution in [0.4, 0.5) is 13.2 Å². The third-order valence-corrected chi connectivity index (χ3v) is 5.17. The highest BCUT2D eigenvalue weighted by molar-refractivity contribution is 7.99. The Kier molecular flexibility index (Phi) is 7.11. The third kappa shape index (κ3) is 6.88. The normalized spacial score (nSPS) is 12.0. The molecule has 0 aliphatic rings. The summed E-state index contributed by atoms with van der Waals surface area (Å²) in [5, 5.41) is 8.99. The summed E-state index contributed by atoms with van der Waals surface area (Å²) in [7, 11) is 1.43. The van der Waals surface area contributed by atoms with Crippen molar-refractivity contribution in [1.29, 1.82) is 0 Å². The summed E-state index contributed by atoms with van der Waals surface area (Å²) in [5.41, 5.74) is 0.136. The van der Waals surface area contributed by atoms with E-state index in [4.69, 9.17) is 14.6 Å². The molecule has 158 valence electrons. The number of ether oxygens (including phenoxy) is 2. The average molecular weight is 428 g/mol. The van der Waals surface area contributed by atoms with Gasteiger partial charge in [-0.15, -0.1) is 0 Å². The third-order valence-electron chi connectivity index (χ3n) is 3.85. The Balaban J connectivity index is 2.43. The lowest BCUT2D eigenvalue weighted by Gasteiger charge is -2.20. The van der Waals surface area contributed by atoms with Crippen LogP contribution in [0.3, 0.4) is 0 Å². The number of aliphatic carboxylic acids is 1. The minimum atomic E-state index is -4.46. The molecule has 2 rings (SSSR count). The summed E-state index contributed by atoms with van der Waals surface area (Å²) in [6.45, 7) is 5.93. The quantitative estimate of drug-likeness (QED) is 0.572. The van der Waals surface area contributed by atoms with Crippen LogP contribution in [0.5, 0.6) is 17.2 Å². The van der Waals surface area contributed by atoms with Crippen LogP contribution in [-0.2, 0) is 23.1 Å². The summed E-state index contributed by atoms with van der Waals surface area (Å²) >= 11 is 1.50. The van der Waals surface area contributed by atoms with E-state index in [2.05, 4.69) is 0 Å². The molecule has 8 heteroatoms. The molecule has 0 spiro atoms. The predicted molar refractivity (Wildman–Crippen MR) is 107 cm³/mol. The van der Waals surface area contributed by atoms with Gasteiger partial charge in [-0.25, -0.2) is 0 Å². The van der Waals surface area contributed by atoms with Crippen LogP contribution in [0.1, 0.15) is 37.5 Å². The van der Waals surface area contributed by atoms with Crippen molar-refractivity contribution in [2.75, 3.05) is 7.11 Å². The number of carboxylic acids is 1. The van der Waals surface area contributed by atoms with Gasteiger partial charge in [-0.05, 0) is 35.9 Å². The largest absolute Gasteiger partial charge is 0.493 e. The van der Waals surface area contributed by atoms with Crippen LogP contribution in [0.15, 0.2) is 36.4 Å². The van der Waals surface area contributed by atoms with Crippen molar-refractivity contribution in [2.24, 2.45) is 0 Å². The second kappa shape index (κ2) is 8.98. The fourth-order valence-electron chi connectivity index (χ4n) is 2.47. The van der Waals surface area contributed by atoms with E-state index in [1.165, 1.54) is 31.0 Å². The van der Waals surface area contributed by atoms with E-state index in [-0.39, 0.29) is 22.7 Å². The molecule has 2 aromatic rings. The lowest BCUT2D eigenvalue weighted by Crippen LogP contribution is -2.09. The molecule has 0 fully saturated rings. The maximum Gasteiger partial charge on any atom is 0.416 e. The molecule has 0 amide bonds. The topological polar surface area (TPSA) is 55.8 Å². The van der Waals surface area contributed by atoms with Crippen molar-refractivity contribution in [2.45, 2.75) is 43.9 Å². The van der Waals surface area contributed by atoms with Crippen molar-refractivity contribution in [3.05, 3.63) is 53.1 Å². The van der Waals surface area contributed by atoms with Gasteiger partial charge in [0.25, 0.3) is 0 Å². The van der Waals surface area contributed by atoms with Crippen LogP contribution in [-0.4, -0.2) is 22.9 Å². The van der Waals surface area contributed by atoms with Crippen LogP contribution in [0.25, 0.3) is 0 Å². The van der Waals surface area contributed by atoms with Gasteiger partial charge in [0.15, 0.2) is 11.5 Å². The molecule has 1 N–H and O–H groups in total. The Morgan fingerprint density at radius 1 is 1.03 bits per heavy atom. The number of methoxy groups -OCH3 is 1. The molecule has 2 aromatic carbocycles. The maximum absolute atomic E-state index is 13.2. The van der Waals surface area contributed by atoms with Gasteiger partial charge in [0, 0.05) is 16.1 Å². The Labute approximate surface area is 172 Å². The number of rotatable bonds is 7. The molecular weight excluding hydrogens is 405 g/mol. The van der Waals surface area contributed by atoms with Gasteiger partial charge >= 0.3 is 12.1 Å². The monoisotopic (exact) mass is 428 g/mol. The number of carbonyl (C=O) groups is 1. The lowest BCUT2D eigenvalue weighted by molar-refractivity contribution is -0.138. The highest BCUT2D eigenvalue weighted by atomic mass is 32.2. The van der Waals surface area contributed by atoms with Gasteiger partial charge in [-0.3, -0.25) is 4.79 Å². The summed E-state index contributed by atoms with van der Waals surface area (Å²) in [4.78, 5) is 11.0. The van der Waals surface area contributed by atoms with Crippen LogP contribution >= 0.6 is 11.8 Å². The first-order valence-electron chi connectivity index (χ1n) is 8.79. The molecule has 0 saturated carbocycles. The Morgan fingerprint density at radius 3 is 2.24 bits per heavy atom. The van der Waals surface area contributed by atoms with Gasteiger partial charge in [0.1, 0.15) is 5.75 Å². The van der Waals surface area contributed by atoms with Gasteiger partial charge in [0.2, 0.25) is 0 Å². The minimum Gasteiger partial charge on any atom is -0.493 e. The Bertz CT molecular complexity index is 873. The summed E-state index contributed by atoms with van der Waals surface area (Å²) in [6.07, 6.45) is -4.67. The molecule has 4 nitrogen and oxygen atoms in total. The van der Waals surface area contributed by atoms with Crippen LogP contribution in [0.2, 0.25) is 0 Å². The highest BCUT2D eigenvalue weighted by Gasteiger charge is 2.31. The van der Waals surface area contributed by atoms with Crippen LogP contribution < -0.4 is 9.47 Å². The Morgan fingerprint density at radius 2 is 1.69 bits per heavy atom. The second-order valence-electron chi connectivity index (χ2n) is 7.38. The molecule has 0 atom stereocenters. The predicted octanol–water partition coefficient (Wildman–Crippen LogP) is 6.17. The molecule has 29 heavy (non-hydrogen) atoms. The van der Waals surface area contributed by atoms with E-state index in [0.717, 1.165) is 12.1 Å². The minimum absolute atomic E-state index is 0.148. The highest BCUT2D eigenvalue weighted by Crippen LogP contribution is 2.39. The van der Waals surface area contributed by atoms with E-state index in [1.807, 2.05) is 20.8 Å². The van der Waals surface area contributed by atoms with E-state index in [1.54, 1.807) is 12.1 Å². The fourth-order valence-corrected chi connectivity index (χ4v) is 3.28. The molecular formula is C21H23F3O4S. The van der Waals surface area contributed by atoms with E-state index in [9.17, 15) is 18.0 Å². The van der Waals surface area contributed by atoms with E-state index >= 15 is 0 Å². The molecule has 0 radical (unpaired) electrons. The fraction of sp³-hybridized carbons (Fsp3) is 0.381. The van der Waals surface area contributed by atoms with E-state index in [0.29, 0.717) is 22.6 Å². The first-order chi connectivity index (χ1) is 13.4. The molecule has 0 saturated heterocycles. The summed E-state index contributed by atoms with van der Waals surface area (Å²) in [6, 6.07) is 8.02. The first kappa shape index (κ1) is 22.9. The lowest BCUT2D eigenvalue weighted by atomic mass is 10.1. The molecule has 0 bridgehead atoms. The number of hydrogen-bond acceptors (Lipinski definition) is 4. The second-order valence-corrected chi connectivity index (χ2v) is 9.18. The van der Waals surface area contributed by atoms with Crippen molar-refractivity contribution in [1.82, 2.24) is 0 Å². The summed E-state index contributed by atoms with van der Waals surface area (Å²) < 4.78 is 50.5. The van der Waals surface area contributed by atoms with Crippen molar-refractivity contribution in [3.8, 4) is 17.2 Å². The van der Waals surface area contributed by atoms with Gasteiger partial charge < -0.3 is 14.6 Å². The molecule has 0 unspecified atom stereocenters. The summed E-state index contributed by atoms with van der Waals surface area (Å²) in [5.74, 6) is 0.180. The Hall–Kier alpha value is -2.35. The standard InChI is InChI=1S/C21H23F3O4S/c1-20(2,3)29-12-14-11-15(21(22,23)24)6-8-16(14)28-18-9-13(10-19(25)26)5-7-17(18)27-4/h5-9,11H,10,12H2,1-4H3,(H,25,26). The maximum atomic E-state index is 13.2. The van der Waals surface area contributed by atoms with Crippen LogP contribution in [0, 0.1) is 0 Å². The smallest absolute Gasteiger partial charge is 0.416 e. The molecule has 0 heterocycles. The van der Waals surface area contributed by atoms with Gasteiger partial charge in [-0.2, -0.15) is 24.9 Å². The number of hydrogen-bond donors (Lipinski definition) is 1. The van der Waals surface area contributed by atoms with Crippen molar-refractivity contribution in [3.63, 3.8) is 0 Å². The van der Waals surface area contributed by atoms with Gasteiger partial charge in [-0.1, -0.05) is 26.8 Å². The molecule has 0 aromatic heterocycles. The number of carboxylic acid groups (broad SMARTS) is 1. The first-order valence-corrected chi connectivity index (χ1v) is 9.78. The number of halogens is 3. The number of thioether (sulfide) groups is 1. The zero-order chi connectivity index (χ0) is 21.8. The SMILES string of the molecule is COc1ccc(CC(=O)O)cc1Oc1ccc(C(F)(F)F)cc1CSC(C)(C)C. The van der Waals surface area contributed by atoms with Crippen molar-refractivity contribution >= 4 is 17.7 Å². The van der Waals surface area contributed by atoms with Gasteiger partial charge in [0.05, 0.1) is 19.1 Å². The number of alkyl halides is 3. The average Bonchev–Trinajstić information content (AvgIpc) is 2.59.